The molecule has 1 aromatic carbocycles. The van der Waals surface area contributed by atoms with Crippen LogP contribution >= 0.6 is 0 Å². The molecule has 0 aliphatic carbocycles. The van der Waals surface area contributed by atoms with Crippen molar-refractivity contribution in [3.05, 3.63) is 47.0 Å². The number of nitrogens with zero attached hydrogens (tertiary/aromatic N) is 1. The number of ether oxygens (including phenoxy) is 4. The largest absolute Gasteiger partial charge is 0.493 e. The number of urea groups is 1. The van der Waals surface area contributed by atoms with Crippen LogP contribution in [-0.4, -0.2) is 43.8 Å². The SMILES string of the molecule is COC(=O)c1ccc(CN2C(=O)NC(=Cc3cc(OC)c4c(c3)OCO4)C2=O)o1. The Morgan fingerprint density at radius 2 is 2.07 bits per heavy atom. The molecule has 3 heterocycles. The molecule has 150 valence electrons. The second kappa shape index (κ2) is 7.23. The van der Waals surface area contributed by atoms with Crippen LogP contribution in [0.1, 0.15) is 21.9 Å². The van der Waals surface area contributed by atoms with Gasteiger partial charge in [0, 0.05) is 0 Å². The summed E-state index contributed by atoms with van der Waals surface area (Å²) in [6.07, 6.45) is 1.51. The lowest BCUT2D eigenvalue weighted by atomic mass is 10.1. The molecule has 10 heteroatoms. The van der Waals surface area contributed by atoms with Gasteiger partial charge in [-0.15, -0.1) is 0 Å². The van der Waals surface area contributed by atoms with Crippen LogP contribution in [0.25, 0.3) is 6.08 Å². The fourth-order valence-corrected chi connectivity index (χ4v) is 2.94. The van der Waals surface area contributed by atoms with Crippen molar-refractivity contribution in [2.24, 2.45) is 0 Å². The Kier molecular flexibility index (Phi) is 4.59. The number of hydrogen-bond acceptors (Lipinski definition) is 8. The van der Waals surface area contributed by atoms with E-state index >= 15 is 0 Å². The third-order valence-corrected chi connectivity index (χ3v) is 4.32. The Bertz CT molecular complexity index is 1040. The number of amides is 3. The molecule has 0 saturated carbocycles. The highest BCUT2D eigenvalue weighted by Gasteiger charge is 2.34. The highest BCUT2D eigenvalue weighted by molar-refractivity contribution is 6.13. The quantitative estimate of drug-likeness (QED) is 0.460. The fraction of sp³-hybridized carbons (Fsp3) is 0.211. The second-order valence-corrected chi connectivity index (χ2v) is 6.09. The maximum atomic E-state index is 12.7. The number of furan rings is 1. The Morgan fingerprint density at radius 3 is 2.83 bits per heavy atom. The lowest BCUT2D eigenvalue weighted by Gasteiger charge is -2.09. The van der Waals surface area contributed by atoms with E-state index in [0.717, 1.165) is 4.90 Å². The summed E-state index contributed by atoms with van der Waals surface area (Å²) < 4.78 is 25.9. The molecule has 0 spiro atoms. The highest BCUT2D eigenvalue weighted by atomic mass is 16.7. The summed E-state index contributed by atoms with van der Waals surface area (Å²) in [7, 11) is 2.72. The molecule has 2 aliphatic rings. The number of esters is 1. The monoisotopic (exact) mass is 400 g/mol. The van der Waals surface area contributed by atoms with Crippen molar-refractivity contribution in [2.75, 3.05) is 21.0 Å². The van der Waals surface area contributed by atoms with Gasteiger partial charge in [0.25, 0.3) is 5.91 Å². The third kappa shape index (κ3) is 3.35. The lowest BCUT2D eigenvalue weighted by Crippen LogP contribution is -2.30. The van der Waals surface area contributed by atoms with Gasteiger partial charge in [-0.3, -0.25) is 9.69 Å². The first-order valence-electron chi connectivity index (χ1n) is 8.49. The normalized spacial score (nSPS) is 16.3. The Balaban J connectivity index is 1.55. The van der Waals surface area contributed by atoms with E-state index in [1.165, 1.54) is 32.4 Å². The van der Waals surface area contributed by atoms with Gasteiger partial charge < -0.3 is 28.7 Å². The molecule has 1 N–H and O–H groups in total. The van der Waals surface area contributed by atoms with Crippen LogP contribution in [-0.2, 0) is 16.1 Å². The van der Waals surface area contributed by atoms with Gasteiger partial charge in [-0.2, -0.15) is 0 Å². The predicted octanol–water partition coefficient (Wildman–Crippen LogP) is 1.90. The predicted molar refractivity (Wildman–Crippen MR) is 96.2 cm³/mol. The minimum Gasteiger partial charge on any atom is -0.493 e. The molecule has 2 aliphatic heterocycles. The van der Waals surface area contributed by atoms with Crippen molar-refractivity contribution < 1.29 is 37.7 Å². The van der Waals surface area contributed by atoms with E-state index in [4.69, 9.17) is 18.6 Å². The van der Waals surface area contributed by atoms with Crippen LogP contribution in [0.2, 0.25) is 0 Å². The molecule has 29 heavy (non-hydrogen) atoms. The molecular weight excluding hydrogens is 384 g/mol. The molecule has 0 atom stereocenters. The summed E-state index contributed by atoms with van der Waals surface area (Å²) in [6.45, 7) is -0.0602. The van der Waals surface area contributed by atoms with Crippen molar-refractivity contribution in [3.8, 4) is 17.2 Å². The van der Waals surface area contributed by atoms with Crippen LogP contribution in [0.5, 0.6) is 17.2 Å². The van der Waals surface area contributed by atoms with Gasteiger partial charge in [-0.1, -0.05) is 0 Å². The summed E-state index contributed by atoms with van der Waals surface area (Å²) in [4.78, 5) is 37.3. The summed E-state index contributed by atoms with van der Waals surface area (Å²) >= 11 is 0. The van der Waals surface area contributed by atoms with Crippen LogP contribution < -0.4 is 19.5 Å². The van der Waals surface area contributed by atoms with Crippen molar-refractivity contribution in [2.45, 2.75) is 6.54 Å². The molecule has 1 saturated heterocycles. The van der Waals surface area contributed by atoms with E-state index in [1.807, 2.05) is 0 Å². The van der Waals surface area contributed by atoms with Crippen LogP contribution in [0, 0.1) is 0 Å². The first-order chi connectivity index (χ1) is 14.0. The number of imide groups is 1. The lowest BCUT2D eigenvalue weighted by molar-refractivity contribution is -0.123. The zero-order chi connectivity index (χ0) is 20.5. The first-order valence-corrected chi connectivity index (χ1v) is 8.49. The van der Waals surface area contributed by atoms with E-state index in [1.54, 1.807) is 12.1 Å². The Labute approximate surface area is 164 Å². The molecule has 2 aromatic rings. The van der Waals surface area contributed by atoms with Crippen molar-refractivity contribution in [3.63, 3.8) is 0 Å². The summed E-state index contributed by atoms with van der Waals surface area (Å²) in [5.41, 5.74) is 0.665. The van der Waals surface area contributed by atoms with Gasteiger partial charge in [0.2, 0.25) is 18.3 Å². The van der Waals surface area contributed by atoms with E-state index in [-0.39, 0.29) is 30.6 Å². The van der Waals surface area contributed by atoms with Crippen molar-refractivity contribution in [1.82, 2.24) is 10.2 Å². The number of rotatable bonds is 5. The zero-order valence-corrected chi connectivity index (χ0v) is 15.5. The van der Waals surface area contributed by atoms with Gasteiger partial charge in [0.15, 0.2) is 11.5 Å². The van der Waals surface area contributed by atoms with Crippen molar-refractivity contribution >= 4 is 24.0 Å². The average Bonchev–Trinajstić information content (AvgIpc) is 3.43. The number of fused-ring (bicyclic) bond motifs is 1. The molecule has 10 nitrogen and oxygen atoms in total. The molecule has 0 radical (unpaired) electrons. The van der Waals surface area contributed by atoms with E-state index in [2.05, 4.69) is 10.1 Å². The van der Waals surface area contributed by atoms with E-state index < -0.39 is 17.9 Å². The van der Waals surface area contributed by atoms with Gasteiger partial charge in [-0.05, 0) is 35.9 Å². The number of nitrogens with one attached hydrogen (secondary N) is 1. The van der Waals surface area contributed by atoms with Gasteiger partial charge >= 0.3 is 12.0 Å². The number of methoxy groups -OCH3 is 2. The Hall–Kier alpha value is -3.95. The van der Waals surface area contributed by atoms with Crippen molar-refractivity contribution in [1.29, 1.82) is 0 Å². The standard InChI is InChI=1S/C19H16N2O8/c1-25-14-6-10(7-15-16(14)28-9-27-15)5-12-17(22)21(19(24)20-12)8-11-3-4-13(29-11)18(23)26-2/h3-7H,8-9H2,1-2H3,(H,20,24). The number of benzene rings is 1. The third-order valence-electron chi connectivity index (χ3n) is 4.32. The summed E-state index contributed by atoms with van der Waals surface area (Å²) in [5.74, 6) is 0.477. The fourth-order valence-electron chi connectivity index (χ4n) is 2.94. The topological polar surface area (TPSA) is 117 Å². The van der Waals surface area contributed by atoms with E-state index in [0.29, 0.717) is 22.8 Å². The average molecular weight is 400 g/mol. The molecule has 1 fully saturated rings. The van der Waals surface area contributed by atoms with Gasteiger partial charge in [0.1, 0.15) is 11.5 Å². The molecule has 0 unspecified atom stereocenters. The molecule has 0 bridgehead atoms. The molecule has 3 amide bonds. The smallest absolute Gasteiger partial charge is 0.373 e. The van der Waals surface area contributed by atoms with Crippen LogP contribution in [0.3, 0.4) is 0 Å². The Morgan fingerprint density at radius 1 is 1.24 bits per heavy atom. The van der Waals surface area contributed by atoms with Gasteiger partial charge in [0.05, 0.1) is 20.8 Å². The highest BCUT2D eigenvalue weighted by Crippen LogP contribution is 2.42. The minimum atomic E-state index is -0.647. The maximum Gasteiger partial charge on any atom is 0.373 e. The summed E-state index contributed by atoms with van der Waals surface area (Å²) in [5, 5.41) is 2.52. The second-order valence-electron chi connectivity index (χ2n) is 6.09. The van der Waals surface area contributed by atoms with E-state index in [9.17, 15) is 14.4 Å². The van der Waals surface area contributed by atoms with Crippen LogP contribution in [0.4, 0.5) is 4.79 Å². The summed E-state index contributed by atoms with van der Waals surface area (Å²) in [6, 6.07) is 5.64. The zero-order valence-electron chi connectivity index (χ0n) is 15.5. The van der Waals surface area contributed by atoms with Crippen LogP contribution in [0.15, 0.2) is 34.4 Å². The minimum absolute atomic E-state index is 0.0159. The van der Waals surface area contributed by atoms with Gasteiger partial charge in [-0.25, -0.2) is 9.59 Å². The number of carbonyl (C=O) groups is 3. The molecule has 4 rings (SSSR count). The number of carbonyl (C=O) groups excluding carboxylic acids is 3. The maximum absolute atomic E-state index is 12.7. The molecule has 1 aromatic heterocycles. The number of hydrogen-bond donors (Lipinski definition) is 1. The molecular formula is C19H16N2O8. The first kappa shape index (κ1) is 18.4.